The van der Waals surface area contributed by atoms with Crippen molar-refractivity contribution in [2.45, 2.75) is 65.7 Å². The third-order valence-electron chi connectivity index (χ3n) is 4.51. The highest BCUT2D eigenvalue weighted by Crippen LogP contribution is 2.19. The van der Waals surface area contributed by atoms with Crippen LogP contribution in [0.5, 0.6) is 0 Å². The van der Waals surface area contributed by atoms with Crippen LogP contribution in [0, 0.1) is 0 Å². The van der Waals surface area contributed by atoms with Crippen molar-refractivity contribution in [2.24, 2.45) is 4.99 Å². The van der Waals surface area contributed by atoms with Crippen molar-refractivity contribution < 1.29 is 0 Å². The van der Waals surface area contributed by atoms with Gasteiger partial charge in [-0.05, 0) is 71.5 Å². The molecule has 0 amide bonds. The third-order valence-corrected chi connectivity index (χ3v) is 4.51. The minimum absolute atomic E-state index is 0. The lowest BCUT2D eigenvalue weighted by molar-refractivity contribution is 0.297. The Kier molecular flexibility index (Phi) is 16.0. The topological polar surface area (TPSA) is 39.7 Å². The zero-order chi connectivity index (χ0) is 16.8. The largest absolute Gasteiger partial charge is 0.357 e. The summed E-state index contributed by atoms with van der Waals surface area (Å²) >= 11 is 0. The van der Waals surface area contributed by atoms with Gasteiger partial charge in [-0.15, -0.1) is 24.0 Å². The summed E-state index contributed by atoms with van der Waals surface area (Å²) in [6.07, 6.45) is 11.3. The van der Waals surface area contributed by atoms with Gasteiger partial charge in [0.15, 0.2) is 5.96 Å². The minimum atomic E-state index is 0. The van der Waals surface area contributed by atoms with Crippen LogP contribution in [0.4, 0.5) is 0 Å². The number of nitrogens with one attached hydrogen (secondary N) is 2. The zero-order valence-corrected chi connectivity index (χ0v) is 18.4. The van der Waals surface area contributed by atoms with E-state index in [1.54, 1.807) is 5.57 Å². The molecule has 0 aromatic heterocycles. The number of aliphatic imine (C=N–C) groups is 1. The maximum atomic E-state index is 4.70. The number of rotatable bonds is 11. The van der Waals surface area contributed by atoms with Gasteiger partial charge in [0.1, 0.15) is 0 Å². The quantitative estimate of drug-likeness (QED) is 0.163. The Morgan fingerprint density at radius 2 is 1.92 bits per heavy atom. The fourth-order valence-corrected chi connectivity index (χ4v) is 2.99. The van der Waals surface area contributed by atoms with Crippen LogP contribution in [-0.4, -0.2) is 50.1 Å². The van der Waals surface area contributed by atoms with Crippen molar-refractivity contribution >= 4 is 29.9 Å². The van der Waals surface area contributed by atoms with Crippen molar-refractivity contribution in [3.8, 4) is 0 Å². The maximum Gasteiger partial charge on any atom is 0.191 e. The molecule has 24 heavy (non-hydrogen) atoms. The molecule has 0 atom stereocenters. The first kappa shape index (κ1) is 23.7. The third kappa shape index (κ3) is 11.3. The number of hydrogen-bond donors (Lipinski definition) is 2. The molecule has 0 radical (unpaired) electrons. The predicted octanol–water partition coefficient (Wildman–Crippen LogP) is 4.17. The fourth-order valence-electron chi connectivity index (χ4n) is 2.99. The van der Waals surface area contributed by atoms with Gasteiger partial charge >= 0.3 is 0 Å². The SMILES string of the molecule is CCNC(=NCCCCN(CC)CC)NCCC1=CCCCC1.I. The van der Waals surface area contributed by atoms with E-state index >= 15 is 0 Å². The number of guanidine groups is 1. The van der Waals surface area contributed by atoms with Crippen LogP contribution in [0.1, 0.15) is 65.7 Å². The monoisotopic (exact) mass is 450 g/mol. The van der Waals surface area contributed by atoms with E-state index in [0.717, 1.165) is 51.5 Å². The van der Waals surface area contributed by atoms with Crippen molar-refractivity contribution in [1.29, 1.82) is 0 Å². The smallest absolute Gasteiger partial charge is 0.191 e. The summed E-state index contributed by atoms with van der Waals surface area (Å²) in [6.45, 7) is 12.9. The average molecular weight is 450 g/mol. The highest BCUT2D eigenvalue weighted by atomic mass is 127. The van der Waals surface area contributed by atoms with Crippen molar-refractivity contribution in [3.63, 3.8) is 0 Å². The first-order valence-electron chi connectivity index (χ1n) is 9.72. The van der Waals surface area contributed by atoms with Crippen LogP contribution in [-0.2, 0) is 0 Å². The highest BCUT2D eigenvalue weighted by Gasteiger charge is 2.04. The molecular formula is C19H39IN4. The molecule has 1 aliphatic carbocycles. The van der Waals surface area contributed by atoms with Gasteiger partial charge in [-0.25, -0.2) is 0 Å². The number of nitrogens with zero attached hydrogens (tertiary/aromatic N) is 2. The van der Waals surface area contributed by atoms with Gasteiger partial charge in [-0.1, -0.05) is 25.5 Å². The molecule has 0 saturated heterocycles. The van der Waals surface area contributed by atoms with Gasteiger partial charge in [0.25, 0.3) is 0 Å². The predicted molar refractivity (Wildman–Crippen MR) is 118 cm³/mol. The Balaban J connectivity index is 0.00000529. The van der Waals surface area contributed by atoms with Crippen LogP contribution >= 0.6 is 24.0 Å². The summed E-state index contributed by atoms with van der Waals surface area (Å²) in [5.74, 6) is 0.978. The Bertz CT molecular complexity index is 351. The molecule has 0 fully saturated rings. The molecule has 5 heteroatoms. The molecule has 2 N–H and O–H groups in total. The summed E-state index contributed by atoms with van der Waals surface area (Å²) < 4.78 is 0. The van der Waals surface area contributed by atoms with Gasteiger partial charge in [-0.3, -0.25) is 4.99 Å². The summed E-state index contributed by atoms with van der Waals surface area (Å²) in [7, 11) is 0. The van der Waals surface area contributed by atoms with E-state index in [1.807, 2.05) is 0 Å². The van der Waals surface area contributed by atoms with Crippen molar-refractivity contribution in [3.05, 3.63) is 11.6 Å². The molecule has 1 rings (SSSR count). The molecule has 1 aliphatic rings. The average Bonchev–Trinajstić information content (AvgIpc) is 2.59. The van der Waals surface area contributed by atoms with E-state index in [2.05, 4.69) is 42.4 Å². The number of unbranched alkanes of at least 4 members (excludes halogenated alkanes) is 1. The second-order valence-electron chi connectivity index (χ2n) is 6.28. The van der Waals surface area contributed by atoms with Crippen molar-refractivity contribution in [2.75, 3.05) is 39.3 Å². The molecule has 0 aromatic carbocycles. The van der Waals surface area contributed by atoms with Gasteiger partial charge in [0.05, 0.1) is 0 Å². The van der Waals surface area contributed by atoms with E-state index in [1.165, 1.54) is 38.6 Å². The Hall–Kier alpha value is -0.300. The Labute approximate surface area is 167 Å². The first-order chi connectivity index (χ1) is 11.3. The van der Waals surface area contributed by atoms with E-state index in [4.69, 9.17) is 4.99 Å². The molecule has 0 aromatic rings. The van der Waals surface area contributed by atoms with Gasteiger partial charge in [-0.2, -0.15) is 0 Å². The Morgan fingerprint density at radius 3 is 2.54 bits per heavy atom. The minimum Gasteiger partial charge on any atom is -0.357 e. The number of allylic oxidation sites excluding steroid dienone is 1. The molecule has 4 nitrogen and oxygen atoms in total. The lowest BCUT2D eigenvalue weighted by Gasteiger charge is -2.17. The molecule has 0 heterocycles. The van der Waals surface area contributed by atoms with Crippen LogP contribution in [0.2, 0.25) is 0 Å². The summed E-state index contributed by atoms with van der Waals surface area (Å²) in [6, 6.07) is 0. The number of halogens is 1. The summed E-state index contributed by atoms with van der Waals surface area (Å²) in [5, 5.41) is 6.83. The highest BCUT2D eigenvalue weighted by molar-refractivity contribution is 14.0. The van der Waals surface area contributed by atoms with E-state index < -0.39 is 0 Å². The second-order valence-corrected chi connectivity index (χ2v) is 6.28. The molecule has 0 aliphatic heterocycles. The van der Waals surface area contributed by atoms with Crippen LogP contribution in [0.15, 0.2) is 16.6 Å². The maximum absolute atomic E-state index is 4.70. The molecule has 142 valence electrons. The van der Waals surface area contributed by atoms with E-state index in [-0.39, 0.29) is 24.0 Å². The van der Waals surface area contributed by atoms with Crippen LogP contribution < -0.4 is 10.6 Å². The normalized spacial score (nSPS) is 15.0. The molecule has 0 bridgehead atoms. The van der Waals surface area contributed by atoms with Gasteiger partial charge in [0, 0.05) is 19.6 Å². The summed E-state index contributed by atoms with van der Waals surface area (Å²) in [5.41, 5.74) is 1.62. The fraction of sp³-hybridized carbons (Fsp3) is 0.842. The number of hydrogen-bond acceptors (Lipinski definition) is 2. The Morgan fingerprint density at radius 1 is 1.12 bits per heavy atom. The molecular weight excluding hydrogens is 411 g/mol. The lowest BCUT2D eigenvalue weighted by atomic mass is 9.97. The summed E-state index contributed by atoms with van der Waals surface area (Å²) in [4.78, 5) is 7.18. The van der Waals surface area contributed by atoms with Crippen LogP contribution in [0.25, 0.3) is 0 Å². The molecule has 0 spiro atoms. The first-order valence-corrected chi connectivity index (χ1v) is 9.72. The van der Waals surface area contributed by atoms with Crippen molar-refractivity contribution in [1.82, 2.24) is 15.5 Å². The van der Waals surface area contributed by atoms with Gasteiger partial charge < -0.3 is 15.5 Å². The van der Waals surface area contributed by atoms with E-state index in [9.17, 15) is 0 Å². The standard InChI is InChI=1S/C19H38N4.HI/c1-4-20-19(21-15-10-11-17-23(5-2)6-3)22-16-14-18-12-8-7-9-13-18;/h12H,4-11,13-17H2,1-3H3,(H2,20,21,22);1H. The molecule has 0 saturated carbocycles. The van der Waals surface area contributed by atoms with E-state index in [0.29, 0.717) is 0 Å². The zero-order valence-electron chi connectivity index (χ0n) is 16.1. The van der Waals surface area contributed by atoms with Gasteiger partial charge in [0.2, 0.25) is 0 Å². The molecule has 0 unspecified atom stereocenters. The van der Waals surface area contributed by atoms with Crippen LogP contribution in [0.3, 0.4) is 0 Å². The second kappa shape index (κ2) is 16.2. The lowest BCUT2D eigenvalue weighted by Crippen LogP contribution is -2.38.